The number of carbonyl (C=O) groups is 3. The number of anilines is 1. The van der Waals surface area contributed by atoms with Gasteiger partial charge in [-0.05, 0) is 38.1 Å². The van der Waals surface area contributed by atoms with Crippen LogP contribution in [0.5, 0.6) is 0 Å². The van der Waals surface area contributed by atoms with E-state index in [-0.39, 0.29) is 5.82 Å². The molecule has 2 rings (SSSR count). The Bertz CT molecular complexity index is 772. The highest BCUT2D eigenvalue weighted by Crippen LogP contribution is 2.10. The summed E-state index contributed by atoms with van der Waals surface area (Å²) >= 11 is 3.27. The normalized spacial score (nSPS) is 11.5. The number of carbonyl (C=O) groups excluding carboxylic acids is 3. The largest absolute Gasteiger partial charge is 0.454 e. The molecule has 0 saturated heterocycles. The zero-order chi connectivity index (χ0) is 18.4. The summed E-state index contributed by atoms with van der Waals surface area (Å²) in [5.74, 6) is -0.934. The Morgan fingerprint density at radius 1 is 1.28 bits per heavy atom. The first-order chi connectivity index (χ1) is 11.8. The molecule has 132 valence electrons. The first kappa shape index (κ1) is 18.7. The lowest BCUT2D eigenvalue weighted by molar-refractivity contribution is -0.148. The van der Waals surface area contributed by atoms with E-state index in [9.17, 15) is 14.4 Å². The Morgan fingerprint density at radius 2 is 1.96 bits per heavy atom. The van der Waals surface area contributed by atoms with Crippen LogP contribution < -0.4 is 10.6 Å². The van der Waals surface area contributed by atoms with Gasteiger partial charge in [-0.1, -0.05) is 21.1 Å². The van der Waals surface area contributed by atoms with Gasteiger partial charge in [0.2, 0.25) is 0 Å². The van der Waals surface area contributed by atoms with Crippen molar-refractivity contribution >= 4 is 39.5 Å². The molecule has 2 amide bonds. The van der Waals surface area contributed by atoms with E-state index in [2.05, 4.69) is 31.7 Å². The number of aryl methyl sites for hydroxylation is 1. The summed E-state index contributed by atoms with van der Waals surface area (Å²) in [7, 11) is 0. The number of hydrogen-bond acceptors (Lipinski definition) is 6. The van der Waals surface area contributed by atoms with Crippen LogP contribution in [0, 0.1) is 6.92 Å². The van der Waals surface area contributed by atoms with Crippen molar-refractivity contribution in [2.75, 3.05) is 11.9 Å². The second kappa shape index (κ2) is 8.43. The summed E-state index contributed by atoms with van der Waals surface area (Å²) in [5.41, 5.74) is 0.405. The number of halogens is 1. The second-order valence-electron chi connectivity index (χ2n) is 5.18. The minimum Gasteiger partial charge on any atom is -0.454 e. The fraction of sp³-hybridized carbons (Fsp3) is 0.250. The van der Waals surface area contributed by atoms with Crippen molar-refractivity contribution in [3.63, 3.8) is 0 Å². The van der Waals surface area contributed by atoms with E-state index in [4.69, 9.17) is 9.26 Å². The Kier molecular flexibility index (Phi) is 6.29. The van der Waals surface area contributed by atoms with Crippen LogP contribution in [0.2, 0.25) is 0 Å². The molecule has 1 heterocycles. The number of nitrogens with zero attached hydrogens (tertiary/aromatic N) is 1. The molecule has 0 bridgehead atoms. The highest BCUT2D eigenvalue weighted by atomic mass is 79.9. The van der Waals surface area contributed by atoms with E-state index >= 15 is 0 Å². The van der Waals surface area contributed by atoms with Gasteiger partial charge in [0.1, 0.15) is 11.8 Å². The predicted molar refractivity (Wildman–Crippen MR) is 91.9 cm³/mol. The molecule has 2 N–H and O–H groups in total. The molecule has 1 atom stereocenters. The van der Waals surface area contributed by atoms with Gasteiger partial charge in [-0.25, -0.2) is 4.79 Å². The summed E-state index contributed by atoms with van der Waals surface area (Å²) in [4.78, 5) is 35.5. The van der Waals surface area contributed by atoms with Crippen molar-refractivity contribution in [3.8, 4) is 0 Å². The Morgan fingerprint density at radius 3 is 2.56 bits per heavy atom. The molecule has 0 aliphatic rings. The lowest BCUT2D eigenvalue weighted by atomic mass is 10.2. The predicted octanol–water partition coefficient (Wildman–Crippen LogP) is 2.05. The molecular weight excluding hydrogens is 394 g/mol. The quantitative estimate of drug-likeness (QED) is 0.706. The van der Waals surface area contributed by atoms with Gasteiger partial charge in [-0.3, -0.25) is 9.59 Å². The van der Waals surface area contributed by atoms with E-state index in [0.717, 1.165) is 4.47 Å². The number of benzene rings is 1. The van der Waals surface area contributed by atoms with Gasteiger partial charge >= 0.3 is 5.97 Å². The van der Waals surface area contributed by atoms with Crippen molar-refractivity contribution < 1.29 is 23.6 Å². The minimum absolute atomic E-state index is 0.232. The fourth-order valence-corrected chi connectivity index (χ4v) is 2.07. The minimum atomic E-state index is -0.904. The smallest absolute Gasteiger partial charge is 0.328 e. The van der Waals surface area contributed by atoms with Crippen LogP contribution in [0.15, 0.2) is 39.3 Å². The number of hydrogen-bond donors (Lipinski definition) is 2. The van der Waals surface area contributed by atoms with Gasteiger partial charge in [-0.15, -0.1) is 0 Å². The van der Waals surface area contributed by atoms with Crippen molar-refractivity contribution in [1.82, 2.24) is 10.5 Å². The third kappa shape index (κ3) is 5.71. The number of aromatic nitrogens is 1. The van der Waals surface area contributed by atoms with E-state index < -0.39 is 30.4 Å². The third-order valence-electron chi connectivity index (χ3n) is 3.05. The van der Waals surface area contributed by atoms with Crippen LogP contribution in [0.4, 0.5) is 5.82 Å². The summed E-state index contributed by atoms with van der Waals surface area (Å²) in [6.07, 6.45) is 0. The zero-order valence-electron chi connectivity index (χ0n) is 13.5. The molecule has 0 spiro atoms. The van der Waals surface area contributed by atoms with Crippen LogP contribution >= 0.6 is 15.9 Å². The van der Waals surface area contributed by atoms with Crippen LogP contribution in [0.1, 0.15) is 23.0 Å². The lowest BCUT2D eigenvalue weighted by Gasteiger charge is -2.13. The molecule has 25 heavy (non-hydrogen) atoms. The number of rotatable bonds is 6. The third-order valence-corrected chi connectivity index (χ3v) is 3.58. The molecule has 0 unspecified atom stereocenters. The van der Waals surface area contributed by atoms with Crippen molar-refractivity contribution in [2.45, 2.75) is 19.9 Å². The summed E-state index contributed by atoms with van der Waals surface area (Å²) in [6.45, 7) is 2.65. The van der Waals surface area contributed by atoms with Crippen molar-refractivity contribution in [1.29, 1.82) is 0 Å². The Labute approximate surface area is 152 Å². The van der Waals surface area contributed by atoms with Gasteiger partial charge in [0, 0.05) is 16.1 Å². The number of ether oxygens (including phenoxy) is 1. The highest BCUT2D eigenvalue weighted by molar-refractivity contribution is 9.10. The maximum atomic E-state index is 12.0. The van der Waals surface area contributed by atoms with E-state index in [1.165, 1.54) is 13.0 Å². The monoisotopic (exact) mass is 409 g/mol. The molecule has 8 nitrogen and oxygen atoms in total. The molecule has 0 aliphatic heterocycles. The summed E-state index contributed by atoms with van der Waals surface area (Å²) in [5, 5.41) is 8.51. The standard InChI is InChI=1S/C16H16BrN3O5/c1-9-7-13(20-25-9)19-14(21)8-24-16(23)10(2)18-15(22)11-3-5-12(17)6-4-11/h3-7,10H,8H2,1-2H3,(H,18,22)(H,19,20,21)/t10-/m0/s1. The molecule has 0 fully saturated rings. The Balaban J connectivity index is 1.78. The lowest BCUT2D eigenvalue weighted by Crippen LogP contribution is -2.40. The Hall–Kier alpha value is -2.68. The van der Waals surface area contributed by atoms with Crippen LogP contribution in [0.25, 0.3) is 0 Å². The van der Waals surface area contributed by atoms with E-state index in [0.29, 0.717) is 11.3 Å². The second-order valence-corrected chi connectivity index (χ2v) is 6.10. The van der Waals surface area contributed by atoms with Crippen molar-refractivity contribution in [2.24, 2.45) is 0 Å². The molecular formula is C16H16BrN3O5. The van der Waals surface area contributed by atoms with E-state index in [1.807, 2.05) is 0 Å². The maximum Gasteiger partial charge on any atom is 0.328 e. The molecule has 2 aromatic rings. The molecule has 1 aromatic heterocycles. The topological polar surface area (TPSA) is 111 Å². The van der Waals surface area contributed by atoms with Gasteiger partial charge in [0.05, 0.1) is 0 Å². The fourth-order valence-electron chi connectivity index (χ4n) is 1.81. The summed E-state index contributed by atoms with van der Waals surface area (Å²) in [6, 6.07) is 7.29. The zero-order valence-corrected chi connectivity index (χ0v) is 15.1. The average molecular weight is 410 g/mol. The van der Waals surface area contributed by atoms with Crippen molar-refractivity contribution in [3.05, 3.63) is 46.1 Å². The van der Waals surface area contributed by atoms with Crippen LogP contribution in [0.3, 0.4) is 0 Å². The number of amides is 2. The van der Waals surface area contributed by atoms with Gasteiger partial charge in [0.25, 0.3) is 11.8 Å². The first-order valence-corrected chi connectivity index (χ1v) is 8.10. The van der Waals surface area contributed by atoms with Gasteiger partial charge in [-0.2, -0.15) is 0 Å². The van der Waals surface area contributed by atoms with Crippen LogP contribution in [-0.2, 0) is 14.3 Å². The number of nitrogens with one attached hydrogen (secondary N) is 2. The first-order valence-electron chi connectivity index (χ1n) is 7.31. The van der Waals surface area contributed by atoms with Gasteiger partial charge in [0.15, 0.2) is 12.4 Å². The SMILES string of the molecule is Cc1cc(NC(=O)COC(=O)[C@H](C)NC(=O)c2ccc(Br)cc2)no1. The maximum absolute atomic E-state index is 12.0. The summed E-state index contributed by atoms with van der Waals surface area (Å²) < 4.78 is 10.5. The average Bonchev–Trinajstić information content (AvgIpc) is 2.97. The van der Waals surface area contributed by atoms with E-state index in [1.54, 1.807) is 31.2 Å². The molecule has 0 radical (unpaired) electrons. The highest BCUT2D eigenvalue weighted by Gasteiger charge is 2.19. The molecule has 0 aliphatic carbocycles. The van der Waals surface area contributed by atoms with Gasteiger partial charge < -0.3 is 19.9 Å². The molecule has 0 saturated carbocycles. The molecule has 1 aromatic carbocycles. The number of esters is 1. The molecule has 9 heteroatoms. The van der Waals surface area contributed by atoms with Crippen LogP contribution in [-0.4, -0.2) is 35.6 Å².